The number of aliphatic hydroxyl groups excluding tert-OH is 1. The maximum absolute atomic E-state index is 14.6. The first-order valence-electron chi connectivity index (χ1n) is 20.0. The number of para-hydroxylation sites is 1. The Balaban J connectivity index is 1.44. The summed E-state index contributed by atoms with van der Waals surface area (Å²) in [5, 5.41) is 12.6. The van der Waals surface area contributed by atoms with Crippen molar-refractivity contribution in [1.29, 1.82) is 0 Å². The largest absolute Gasteiger partial charge is 0.458 e. The number of hydrogen-bond acceptors (Lipinski definition) is 11. The predicted molar refractivity (Wildman–Crippen MR) is 206 cm³/mol. The highest BCUT2D eigenvalue weighted by Gasteiger charge is 2.54. The lowest BCUT2D eigenvalue weighted by Gasteiger charge is -2.47. The van der Waals surface area contributed by atoms with Crippen molar-refractivity contribution in [1.82, 2.24) is 14.4 Å². The molecule has 13 atom stereocenters. The fourth-order valence-electron chi connectivity index (χ4n) is 9.07. The molecule has 5 rings (SSSR count). The Morgan fingerprint density at radius 3 is 2.31 bits per heavy atom. The SMILES string of the molecule is CC[C@H]1OC(=O)[C@H](C)C(=O)[C@H](C)[C@@H](O[C@@H]2O[C@H](C)C[C@H](N(C)C)[C@H]2O)[C@](C)(OC)C[C@@H](C)C(=O)[C@H](C)[C@@H]2[C@@H]1OC(=O)N2CCCCn1ccc2ccccc21. The third-order valence-corrected chi connectivity index (χ3v) is 12.4. The number of unbranched alkanes of at least 4 members (excludes halogenated alkanes) is 1. The average molecular weight is 770 g/mol. The van der Waals surface area contributed by atoms with Crippen LogP contribution in [0.15, 0.2) is 36.5 Å². The summed E-state index contributed by atoms with van der Waals surface area (Å²) in [6, 6.07) is 9.29. The molecule has 1 N–H and O–H groups in total. The molecule has 3 saturated heterocycles. The van der Waals surface area contributed by atoms with E-state index < -0.39 is 83.9 Å². The van der Waals surface area contributed by atoms with Gasteiger partial charge in [0.2, 0.25) is 0 Å². The van der Waals surface area contributed by atoms with Gasteiger partial charge in [-0.2, -0.15) is 0 Å². The normalized spacial score (nSPS) is 36.8. The number of benzene rings is 1. The second-order valence-electron chi connectivity index (χ2n) is 16.5. The molecular formula is C42H63N3O10. The zero-order chi connectivity index (χ0) is 40.4. The lowest BCUT2D eigenvalue weighted by molar-refractivity contribution is -0.295. The van der Waals surface area contributed by atoms with Crippen LogP contribution in [0.5, 0.6) is 0 Å². The number of aliphatic hydroxyl groups is 1. The number of methoxy groups -OCH3 is 1. The van der Waals surface area contributed by atoms with Crippen molar-refractivity contribution in [2.75, 3.05) is 27.7 Å². The van der Waals surface area contributed by atoms with Gasteiger partial charge < -0.3 is 43.2 Å². The van der Waals surface area contributed by atoms with Crippen molar-refractivity contribution < 1.29 is 48.0 Å². The number of aryl methyl sites for hydroxylation is 1. The van der Waals surface area contributed by atoms with Gasteiger partial charge >= 0.3 is 12.1 Å². The Labute approximate surface area is 325 Å². The van der Waals surface area contributed by atoms with Gasteiger partial charge in [0.05, 0.1) is 23.9 Å². The van der Waals surface area contributed by atoms with E-state index in [0.717, 1.165) is 23.9 Å². The number of amides is 1. The molecule has 0 saturated carbocycles. The maximum atomic E-state index is 14.6. The zero-order valence-corrected chi connectivity index (χ0v) is 34.3. The van der Waals surface area contributed by atoms with Crippen LogP contribution in [-0.4, -0.2) is 125 Å². The van der Waals surface area contributed by atoms with Gasteiger partial charge in [0.1, 0.15) is 23.9 Å². The number of hydrogen-bond donors (Lipinski definition) is 1. The maximum Gasteiger partial charge on any atom is 0.410 e. The quantitative estimate of drug-likeness (QED) is 0.193. The van der Waals surface area contributed by atoms with Gasteiger partial charge in [-0.15, -0.1) is 0 Å². The third kappa shape index (κ3) is 8.96. The number of cyclic esters (lactones) is 1. The van der Waals surface area contributed by atoms with Crippen molar-refractivity contribution >= 4 is 34.5 Å². The molecule has 2 aromatic rings. The molecule has 3 fully saturated rings. The molecule has 55 heavy (non-hydrogen) atoms. The van der Waals surface area contributed by atoms with E-state index in [0.29, 0.717) is 25.8 Å². The molecule has 13 nitrogen and oxygen atoms in total. The van der Waals surface area contributed by atoms with E-state index in [4.69, 9.17) is 23.7 Å². The monoisotopic (exact) mass is 769 g/mol. The van der Waals surface area contributed by atoms with E-state index in [9.17, 15) is 24.3 Å². The van der Waals surface area contributed by atoms with Gasteiger partial charge in [0.25, 0.3) is 0 Å². The Morgan fingerprint density at radius 1 is 0.945 bits per heavy atom. The molecule has 3 aliphatic heterocycles. The zero-order valence-electron chi connectivity index (χ0n) is 34.3. The molecule has 1 aromatic carbocycles. The van der Waals surface area contributed by atoms with Crippen LogP contribution in [0.1, 0.15) is 80.6 Å². The molecule has 0 aliphatic carbocycles. The van der Waals surface area contributed by atoms with Gasteiger partial charge in [-0.1, -0.05) is 45.9 Å². The van der Waals surface area contributed by atoms with Gasteiger partial charge in [0, 0.05) is 55.7 Å². The van der Waals surface area contributed by atoms with Crippen LogP contribution in [0.3, 0.4) is 0 Å². The van der Waals surface area contributed by atoms with Crippen LogP contribution in [0, 0.1) is 23.7 Å². The van der Waals surface area contributed by atoms with Crippen LogP contribution in [-0.2, 0) is 44.6 Å². The van der Waals surface area contributed by atoms with Crippen molar-refractivity contribution in [3.05, 3.63) is 36.5 Å². The minimum atomic E-state index is -1.25. The highest BCUT2D eigenvalue weighted by Crippen LogP contribution is 2.39. The fourth-order valence-corrected chi connectivity index (χ4v) is 9.07. The molecule has 0 radical (unpaired) electrons. The molecule has 1 amide bonds. The van der Waals surface area contributed by atoms with Crippen LogP contribution in [0.4, 0.5) is 4.79 Å². The minimum absolute atomic E-state index is 0.125. The van der Waals surface area contributed by atoms with E-state index in [1.165, 1.54) is 14.0 Å². The van der Waals surface area contributed by atoms with Gasteiger partial charge in [-0.3, -0.25) is 14.4 Å². The summed E-state index contributed by atoms with van der Waals surface area (Å²) < 4.78 is 33.1. The summed E-state index contributed by atoms with van der Waals surface area (Å²) in [5.41, 5.74) is -0.104. The van der Waals surface area contributed by atoms with Crippen molar-refractivity contribution in [2.24, 2.45) is 23.7 Å². The number of esters is 1. The smallest absolute Gasteiger partial charge is 0.410 e. The number of fused-ring (bicyclic) bond motifs is 2. The standard InChI is InChI=1S/C42H63N3O10/c1-11-32-37-33(45(41(50)54-37)20-15-14-19-44-21-18-29-16-12-13-17-30(29)44)26(4)34(46)24(2)23-42(7,51-10)38(27(5)35(47)28(6)39(49)53-32)55-40-36(48)31(43(8)9)22-25(3)52-40/h12-13,16-18,21,24-28,31-33,36-38,40,48H,11,14-15,19-20,22-23H2,1-10H3/t24-,25-,26-,27+,28-,31+,32-,33-,36-,37-,38-,40+,42-/m1/s1. The lowest BCUT2D eigenvalue weighted by atomic mass is 9.75. The molecular weight excluding hydrogens is 706 g/mol. The molecule has 306 valence electrons. The van der Waals surface area contributed by atoms with Crippen molar-refractivity contribution in [3.8, 4) is 0 Å². The van der Waals surface area contributed by atoms with Crippen LogP contribution >= 0.6 is 0 Å². The van der Waals surface area contributed by atoms with Crippen molar-refractivity contribution in [2.45, 2.75) is 142 Å². The number of carbonyl (C=O) groups excluding carboxylic acids is 4. The number of aromatic nitrogens is 1. The summed E-state index contributed by atoms with van der Waals surface area (Å²) in [6.45, 7) is 13.4. The Bertz CT molecular complexity index is 1660. The van der Waals surface area contributed by atoms with E-state index in [-0.39, 0.29) is 24.3 Å². The molecule has 4 heterocycles. The van der Waals surface area contributed by atoms with Crippen LogP contribution in [0.2, 0.25) is 0 Å². The average Bonchev–Trinajstić information content (AvgIpc) is 3.73. The first-order chi connectivity index (χ1) is 26.0. The Hall–Kier alpha value is -3.36. The summed E-state index contributed by atoms with van der Waals surface area (Å²) in [7, 11) is 5.25. The molecule has 1 aromatic heterocycles. The van der Waals surface area contributed by atoms with Gasteiger partial charge in [-0.25, -0.2) is 4.79 Å². The first-order valence-corrected chi connectivity index (χ1v) is 20.0. The second-order valence-corrected chi connectivity index (χ2v) is 16.5. The number of carbonyl (C=O) groups is 4. The first kappa shape index (κ1) is 42.8. The summed E-state index contributed by atoms with van der Waals surface area (Å²) in [4.78, 5) is 59.8. The molecule has 0 unspecified atom stereocenters. The highest BCUT2D eigenvalue weighted by molar-refractivity contribution is 6.00. The Kier molecular flexibility index (Phi) is 13.9. The lowest BCUT2D eigenvalue weighted by Crippen LogP contribution is -2.59. The predicted octanol–water partition coefficient (Wildman–Crippen LogP) is 5.24. The Morgan fingerprint density at radius 2 is 1.64 bits per heavy atom. The molecule has 0 spiro atoms. The van der Waals surface area contributed by atoms with Crippen LogP contribution < -0.4 is 0 Å². The number of Topliss-reactive ketones (excluding diaryl/α,β-unsaturated/α-hetero) is 2. The summed E-state index contributed by atoms with van der Waals surface area (Å²) >= 11 is 0. The minimum Gasteiger partial charge on any atom is -0.458 e. The van der Waals surface area contributed by atoms with Crippen LogP contribution in [0.25, 0.3) is 10.9 Å². The number of rotatable bonds is 10. The summed E-state index contributed by atoms with van der Waals surface area (Å²) in [5.74, 6) is -4.76. The number of nitrogens with zero attached hydrogens (tertiary/aromatic N) is 3. The van der Waals surface area contributed by atoms with E-state index in [1.54, 1.807) is 25.7 Å². The number of likely N-dealkylation sites (N-methyl/N-ethyl adjacent to an activating group) is 1. The van der Waals surface area contributed by atoms with Gasteiger partial charge in [0.15, 0.2) is 18.2 Å². The van der Waals surface area contributed by atoms with Gasteiger partial charge in [-0.05, 0) is 84.5 Å². The van der Waals surface area contributed by atoms with E-state index >= 15 is 0 Å². The molecule has 13 heteroatoms. The summed E-state index contributed by atoms with van der Waals surface area (Å²) in [6.07, 6.45) is -1.24. The fraction of sp³-hybridized carbons (Fsp3) is 0.714. The molecule has 0 bridgehead atoms. The highest BCUT2D eigenvalue weighted by atomic mass is 16.7. The van der Waals surface area contributed by atoms with Crippen molar-refractivity contribution in [3.63, 3.8) is 0 Å². The topological polar surface area (TPSA) is 146 Å². The number of ether oxygens (including phenoxy) is 5. The number of ketones is 2. The molecule has 3 aliphatic rings. The van der Waals surface area contributed by atoms with E-state index in [1.807, 2.05) is 51.9 Å². The third-order valence-electron chi connectivity index (χ3n) is 12.4. The van der Waals surface area contributed by atoms with E-state index in [2.05, 4.69) is 29.0 Å². The second kappa shape index (κ2) is 17.8.